The van der Waals surface area contributed by atoms with Gasteiger partial charge in [-0.2, -0.15) is 0 Å². The smallest absolute Gasteiger partial charge is 0.273 e. The Labute approximate surface area is 111 Å². The number of hydroxylamine groups is 2. The van der Waals surface area contributed by atoms with Crippen LogP contribution >= 0.6 is 0 Å². The minimum Gasteiger partial charge on any atom is -0.405 e. The molecule has 0 aromatic rings. The van der Waals surface area contributed by atoms with Gasteiger partial charge in [-0.3, -0.25) is 9.63 Å². The van der Waals surface area contributed by atoms with Gasteiger partial charge in [-0.05, 0) is 18.1 Å². The van der Waals surface area contributed by atoms with Crippen LogP contribution < -0.4 is 0 Å². The van der Waals surface area contributed by atoms with Gasteiger partial charge >= 0.3 is 0 Å². The van der Waals surface area contributed by atoms with Gasteiger partial charge in [-0.25, -0.2) is 5.06 Å². The lowest BCUT2D eigenvalue weighted by atomic mass is 10.2. The molecule has 0 aromatic heterocycles. The SMILES string of the molecule is CON(C)C(=O)[C@H](CCO)O[Si](C)(C)C(C)(C)C. The first-order valence-corrected chi connectivity index (χ1v) is 9.08. The zero-order valence-electron chi connectivity index (χ0n) is 12.6. The second kappa shape index (κ2) is 6.65. The van der Waals surface area contributed by atoms with E-state index in [0.717, 1.165) is 5.06 Å². The molecule has 1 N–H and O–H groups in total. The molecule has 18 heavy (non-hydrogen) atoms. The molecule has 0 aliphatic rings. The fourth-order valence-corrected chi connectivity index (χ4v) is 2.46. The fourth-order valence-electron chi connectivity index (χ4n) is 1.18. The zero-order chi connectivity index (χ0) is 14.6. The average Bonchev–Trinajstić information content (AvgIpc) is 2.24. The maximum Gasteiger partial charge on any atom is 0.273 e. The molecule has 0 unspecified atom stereocenters. The van der Waals surface area contributed by atoms with E-state index in [1.54, 1.807) is 7.05 Å². The Morgan fingerprint density at radius 2 is 1.89 bits per heavy atom. The second-order valence-corrected chi connectivity index (χ2v) is 10.7. The lowest BCUT2D eigenvalue weighted by Gasteiger charge is -2.39. The molecule has 0 heterocycles. The van der Waals surface area contributed by atoms with Crippen LogP contribution in [0.1, 0.15) is 27.2 Å². The third-order valence-corrected chi connectivity index (χ3v) is 7.98. The van der Waals surface area contributed by atoms with Gasteiger partial charge in [0.2, 0.25) is 0 Å². The van der Waals surface area contributed by atoms with Crippen molar-refractivity contribution in [3.63, 3.8) is 0 Å². The molecule has 0 fully saturated rings. The van der Waals surface area contributed by atoms with Crippen molar-refractivity contribution >= 4 is 14.2 Å². The van der Waals surface area contributed by atoms with Gasteiger partial charge in [0.25, 0.3) is 5.91 Å². The predicted octanol–water partition coefficient (Wildman–Crippen LogP) is 1.78. The van der Waals surface area contributed by atoms with Crippen LogP contribution in [0, 0.1) is 0 Å². The summed E-state index contributed by atoms with van der Waals surface area (Å²) in [5.41, 5.74) is 0. The van der Waals surface area contributed by atoms with E-state index in [1.807, 2.05) is 0 Å². The van der Waals surface area contributed by atoms with Crippen molar-refractivity contribution in [3.8, 4) is 0 Å². The Morgan fingerprint density at radius 3 is 2.22 bits per heavy atom. The van der Waals surface area contributed by atoms with E-state index in [9.17, 15) is 4.79 Å². The van der Waals surface area contributed by atoms with Crippen LogP contribution in [-0.2, 0) is 14.1 Å². The number of hydrogen-bond acceptors (Lipinski definition) is 4. The number of amides is 1. The van der Waals surface area contributed by atoms with Gasteiger partial charge in [0, 0.05) is 20.1 Å². The lowest BCUT2D eigenvalue weighted by Crippen LogP contribution is -2.49. The summed E-state index contributed by atoms with van der Waals surface area (Å²) in [5, 5.41) is 10.2. The van der Waals surface area contributed by atoms with Crippen LogP contribution in [0.3, 0.4) is 0 Å². The molecular weight excluding hydrogens is 250 g/mol. The van der Waals surface area contributed by atoms with Gasteiger partial charge in [0.15, 0.2) is 8.32 Å². The van der Waals surface area contributed by atoms with E-state index in [0.29, 0.717) is 6.42 Å². The van der Waals surface area contributed by atoms with Crippen molar-refractivity contribution in [1.82, 2.24) is 5.06 Å². The number of carbonyl (C=O) groups is 1. The topological polar surface area (TPSA) is 59.0 Å². The number of carbonyl (C=O) groups excluding carboxylic acids is 1. The summed E-state index contributed by atoms with van der Waals surface area (Å²) >= 11 is 0. The molecule has 0 saturated heterocycles. The maximum atomic E-state index is 12.1. The molecule has 0 bridgehead atoms. The van der Waals surface area contributed by atoms with Gasteiger partial charge in [0.1, 0.15) is 6.10 Å². The summed E-state index contributed by atoms with van der Waals surface area (Å²) in [7, 11) is 0.933. The number of likely N-dealkylation sites (N-methyl/N-ethyl adjacent to an activating group) is 1. The van der Waals surface area contributed by atoms with Crippen molar-refractivity contribution in [3.05, 3.63) is 0 Å². The molecule has 0 aromatic carbocycles. The molecule has 108 valence electrons. The summed E-state index contributed by atoms with van der Waals surface area (Å²) in [6.45, 7) is 10.4. The molecule has 0 spiro atoms. The van der Waals surface area contributed by atoms with Crippen LogP contribution in [0.5, 0.6) is 0 Å². The molecule has 1 amide bonds. The van der Waals surface area contributed by atoms with E-state index in [2.05, 4.69) is 33.9 Å². The third-order valence-electron chi connectivity index (χ3n) is 3.49. The Hall–Kier alpha value is -0.433. The highest BCUT2D eigenvalue weighted by Crippen LogP contribution is 2.37. The Kier molecular flexibility index (Phi) is 6.49. The molecule has 0 aliphatic carbocycles. The highest BCUT2D eigenvalue weighted by molar-refractivity contribution is 6.74. The number of hydrogen-bond donors (Lipinski definition) is 1. The summed E-state index contributed by atoms with van der Waals surface area (Å²) in [6, 6.07) is 0. The van der Waals surface area contributed by atoms with Crippen LogP contribution in [0.15, 0.2) is 0 Å². The summed E-state index contributed by atoms with van der Waals surface area (Å²) in [4.78, 5) is 16.9. The number of aliphatic hydroxyl groups is 1. The molecule has 5 nitrogen and oxygen atoms in total. The summed E-state index contributed by atoms with van der Waals surface area (Å²) in [5.74, 6) is -0.253. The maximum absolute atomic E-state index is 12.1. The van der Waals surface area contributed by atoms with Crippen molar-refractivity contribution in [2.24, 2.45) is 0 Å². The standard InChI is InChI=1S/C12H27NO4Si/c1-12(2,3)18(6,7)17-10(8-9-14)11(15)13(4)16-5/h10,14H,8-9H2,1-7H3/t10-/m0/s1. The van der Waals surface area contributed by atoms with Crippen LogP contribution in [-0.4, -0.2) is 51.3 Å². The molecule has 0 radical (unpaired) electrons. The Bertz CT molecular complexity index is 276. The van der Waals surface area contributed by atoms with E-state index >= 15 is 0 Å². The minimum absolute atomic E-state index is 0.0205. The zero-order valence-corrected chi connectivity index (χ0v) is 13.6. The molecule has 6 heteroatoms. The van der Waals surface area contributed by atoms with Crippen molar-refractivity contribution in [1.29, 1.82) is 0 Å². The van der Waals surface area contributed by atoms with Crippen LogP contribution in [0.4, 0.5) is 0 Å². The van der Waals surface area contributed by atoms with Crippen LogP contribution in [0.2, 0.25) is 18.1 Å². The fraction of sp³-hybridized carbons (Fsp3) is 0.917. The number of nitrogens with zero attached hydrogens (tertiary/aromatic N) is 1. The first kappa shape index (κ1) is 17.6. The van der Waals surface area contributed by atoms with Crippen molar-refractivity contribution in [2.45, 2.75) is 51.4 Å². The molecule has 1 atom stereocenters. The Morgan fingerprint density at radius 1 is 1.39 bits per heavy atom. The predicted molar refractivity (Wildman–Crippen MR) is 73.6 cm³/mol. The number of aliphatic hydroxyl groups excluding tert-OH is 1. The number of rotatable bonds is 6. The van der Waals surface area contributed by atoms with Gasteiger partial charge in [0.05, 0.1) is 7.11 Å². The normalized spacial score (nSPS) is 14.4. The quantitative estimate of drug-likeness (QED) is 0.594. The van der Waals surface area contributed by atoms with E-state index in [4.69, 9.17) is 14.4 Å². The third kappa shape index (κ3) is 4.68. The van der Waals surface area contributed by atoms with Gasteiger partial charge < -0.3 is 9.53 Å². The van der Waals surface area contributed by atoms with E-state index in [-0.39, 0.29) is 17.6 Å². The first-order chi connectivity index (χ1) is 8.06. The largest absolute Gasteiger partial charge is 0.405 e. The van der Waals surface area contributed by atoms with Gasteiger partial charge in [-0.1, -0.05) is 20.8 Å². The van der Waals surface area contributed by atoms with Crippen molar-refractivity contribution < 1.29 is 19.2 Å². The monoisotopic (exact) mass is 277 g/mol. The summed E-state index contributed by atoms with van der Waals surface area (Å²) < 4.78 is 6.04. The highest BCUT2D eigenvalue weighted by Gasteiger charge is 2.41. The van der Waals surface area contributed by atoms with Gasteiger partial charge in [-0.15, -0.1) is 0 Å². The molecule has 0 saturated carbocycles. The highest BCUT2D eigenvalue weighted by atomic mass is 28.4. The molecule has 0 aliphatic heterocycles. The van der Waals surface area contributed by atoms with E-state index < -0.39 is 14.4 Å². The Balaban J connectivity index is 4.88. The average molecular weight is 277 g/mol. The summed E-state index contributed by atoms with van der Waals surface area (Å²) in [6.07, 6.45) is -0.347. The first-order valence-electron chi connectivity index (χ1n) is 6.17. The van der Waals surface area contributed by atoms with Crippen LogP contribution in [0.25, 0.3) is 0 Å². The minimum atomic E-state index is -2.04. The van der Waals surface area contributed by atoms with E-state index in [1.165, 1.54) is 7.11 Å². The lowest BCUT2D eigenvalue weighted by molar-refractivity contribution is -0.177. The molecule has 0 rings (SSSR count). The van der Waals surface area contributed by atoms with Crippen molar-refractivity contribution in [2.75, 3.05) is 20.8 Å². The second-order valence-electron chi connectivity index (χ2n) is 5.90. The molecular formula is C12H27NO4Si.